The van der Waals surface area contributed by atoms with Crippen LogP contribution in [0.5, 0.6) is 0 Å². The highest BCUT2D eigenvalue weighted by molar-refractivity contribution is 6.20. The van der Waals surface area contributed by atoms with Gasteiger partial charge in [-0.15, -0.1) is 0 Å². The van der Waals surface area contributed by atoms with Crippen molar-refractivity contribution < 1.29 is 0 Å². The molecule has 0 N–H and O–H groups in total. The van der Waals surface area contributed by atoms with E-state index in [1.54, 1.807) is 0 Å². The molecular formula is C66H47N5. The largest absolute Gasteiger partial charge is 0.311 e. The van der Waals surface area contributed by atoms with E-state index in [-0.39, 0.29) is 0 Å². The Balaban J connectivity index is 0.971. The van der Waals surface area contributed by atoms with Crippen molar-refractivity contribution in [3.05, 3.63) is 285 Å². The van der Waals surface area contributed by atoms with Crippen molar-refractivity contribution in [2.75, 3.05) is 14.7 Å². The summed E-state index contributed by atoms with van der Waals surface area (Å²) in [5.74, 6) is 0. The molecule has 0 saturated heterocycles. The standard InChI is InChI=1S/C66H47N5/c1-6-22-48(23-7-1)67(49-24-8-2-9-25-49)53-40-44-55(45-41-53)69-59-34-18-16-32-57(59)65-61(69)36-20-38-63(65)71(52-30-14-5-15-31-52)64-39-21-37-62-66(64)58-33-17-19-35-60(58)70(62)56-46-42-54(43-47-56)68(50-26-10-3-11-27-50)51-28-12-4-13-29-51/h1-47H. The predicted molar refractivity (Wildman–Crippen MR) is 299 cm³/mol. The van der Waals surface area contributed by atoms with Gasteiger partial charge >= 0.3 is 0 Å². The normalized spacial score (nSPS) is 11.4. The molecule has 0 radical (unpaired) electrons. The third-order valence-electron chi connectivity index (χ3n) is 13.6. The van der Waals surface area contributed by atoms with E-state index in [0.29, 0.717) is 0 Å². The SMILES string of the molecule is c1ccc(N(c2ccccc2)c2ccc(-n3c4ccccc4c4c(N(c5ccccc5)c5cccc6c5c5ccccc5n6-c5ccc(N(c6ccccc6)c6ccccc6)cc5)cccc43)cc2)cc1. The van der Waals surface area contributed by atoms with Crippen molar-refractivity contribution in [3.63, 3.8) is 0 Å². The van der Waals surface area contributed by atoms with Gasteiger partial charge in [0.25, 0.3) is 0 Å². The first-order valence-corrected chi connectivity index (χ1v) is 24.2. The average molecular weight is 910 g/mol. The van der Waals surface area contributed by atoms with Crippen LogP contribution < -0.4 is 14.7 Å². The van der Waals surface area contributed by atoms with E-state index >= 15 is 0 Å². The van der Waals surface area contributed by atoms with Gasteiger partial charge in [-0.05, 0) is 146 Å². The minimum atomic E-state index is 1.08. The Kier molecular flexibility index (Phi) is 10.4. The van der Waals surface area contributed by atoms with Crippen LogP contribution in [-0.4, -0.2) is 9.13 Å². The predicted octanol–water partition coefficient (Wildman–Crippen LogP) is 18.3. The van der Waals surface area contributed by atoms with Gasteiger partial charge < -0.3 is 23.8 Å². The number of hydrogen-bond donors (Lipinski definition) is 0. The lowest BCUT2D eigenvalue weighted by atomic mass is 10.1. The molecule has 0 fully saturated rings. The lowest BCUT2D eigenvalue weighted by Gasteiger charge is -2.27. The Hall–Kier alpha value is -9.58. The van der Waals surface area contributed by atoms with E-state index in [0.717, 1.165) is 84.6 Å². The van der Waals surface area contributed by atoms with Crippen molar-refractivity contribution in [1.82, 2.24) is 9.13 Å². The maximum Gasteiger partial charge on any atom is 0.0562 e. The number of rotatable bonds is 11. The van der Waals surface area contributed by atoms with Crippen LogP contribution in [0, 0.1) is 0 Å². The van der Waals surface area contributed by atoms with Crippen molar-refractivity contribution in [1.29, 1.82) is 0 Å². The number of nitrogens with zero attached hydrogens (tertiary/aromatic N) is 5. The second kappa shape index (κ2) is 17.8. The number of hydrogen-bond acceptors (Lipinski definition) is 3. The van der Waals surface area contributed by atoms with Crippen molar-refractivity contribution in [2.24, 2.45) is 0 Å². The summed E-state index contributed by atoms with van der Waals surface area (Å²) in [6.07, 6.45) is 0. The fraction of sp³-hybridized carbons (Fsp3) is 0. The molecule has 0 spiro atoms. The molecule has 0 atom stereocenters. The Morgan fingerprint density at radius 1 is 0.197 bits per heavy atom. The van der Waals surface area contributed by atoms with E-state index in [4.69, 9.17) is 0 Å². The van der Waals surface area contributed by atoms with Gasteiger partial charge in [0, 0.05) is 72.7 Å². The van der Waals surface area contributed by atoms with Crippen LogP contribution in [-0.2, 0) is 0 Å². The maximum absolute atomic E-state index is 2.47. The zero-order valence-corrected chi connectivity index (χ0v) is 38.9. The highest BCUT2D eigenvalue weighted by Crippen LogP contribution is 2.48. The first kappa shape index (κ1) is 41.6. The molecule has 11 aromatic carbocycles. The van der Waals surface area contributed by atoms with Gasteiger partial charge in [-0.3, -0.25) is 0 Å². The van der Waals surface area contributed by atoms with Crippen molar-refractivity contribution >= 4 is 94.8 Å². The third-order valence-corrected chi connectivity index (χ3v) is 13.6. The molecule has 336 valence electrons. The van der Waals surface area contributed by atoms with Gasteiger partial charge in [0.15, 0.2) is 0 Å². The first-order valence-electron chi connectivity index (χ1n) is 24.2. The molecule has 5 heteroatoms. The Labute approximate surface area is 413 Å². The lowest BCUT2D eigenvalue weighted by Crippen LogP contribution is -2.11. The fourth-order valence-corrected chi connectivity index (χ4v) is 10.6. The van der Waals surface area contributed by atoms with E-state index < -0.39 is 0 Å². The minimum Gasteiger partial charge on any atom is -0.311 e. The maximum atomic E-state index is 2.47. The van der Waals surface area contributed by atoms with E-state index in [2.05, 4.69) is 309 Å². The van der Waals surface area contributed by atoms with E-state index in [1.165, 1.54) is 21.5 Å². The number of benzene rings is 11. The second-order valence-electron chi connectivity index (χ2n) is 17.8. The number of para-hydroxylation sites is 7. The molecule has 13 aromatic rings. The van der Waals surface area contributed by atoms with Gasteiger partial charge in [-0.1, -0.05) is 140 Å². The summed E-state index contributed by atoms with van der Waals surface area (Å²) in [5.41, 5.74) is 16.7. The lowest BCUT2D eigenvalue weighted by molar-refractivity contribution is 1.17. The zero-order chi connectivity index (χ0) is 47.1. The summed E-state index contributed by atoms with van der Waals surface area (Å²) in [5, 5.41) is 4.74. The Morgan fingerprint density at radius 3 is 0.803 bits per heavy atom. The Bertz CT molecular complexity index is 3640. The molecule has 0 saturated carbocycles. The van der Waals surface area contributed by atoms with Gasteiger partial charge in [0.2, 0.25) is 0 Å². The molecule has 0 aliphatic rings. The topological polar surface area (TPSA) is 19.6 Å². The third kappa shape index (κ3) is 7.27. The zero-order valence-electron chi connectivity index (χ0n) is 38.9. The van der Waals surface area contributed by atoms with Gasteiger partial charge in [0.05, 0.1) is 33.4 Å². The summed E-state index contributed by atoms with van der Waals surface area (Å²) in [7, 11) is 0. The molecule has 71 heavy (non-hydrogen) atoms. The van der Waals surface area contributed by atoms with Gasteiger partial charge in [0.1, 0.15) is 0 Å². The summed E-state index contributed by atoms with van der Waals surface area (Å²) in [4.78, 5) is 7.09. The first-order chi connectivity index (χ1) is 35.3. The Morgan fingerprint density at radius 2 is 0.465 bits per heavy atom. The summed E-state index contributed by atoms with van der Waals surface area (Å²) >= 11 is 0. The molecule has 0 unspecified atom stereocenters. The van der Waals surface area contributed by atoms with Crippen LogP contribution in [0.2, 0.25) is 0 Å². The quantitative estimate of drug-likeness (QED) is 0.129. The van der Waals surface area contributed by atoms with Crippen molar-refractivity contribution in [3.8, 4) is 11.4 Å². The van der Waals surface area contributed by atoms with Crippen LogP contribution >= 0.6 is 0 Å². The number of aromatic nitrogens is 2. The molecule has 0 bridgehead atoms. The average Bonchev–Trinajstić information content (AvgIpc) is 3.97. The molecule has 2 heterocycles. The number of fused-ring (bicyclic) bond motifs is 6. The molecule has 0 aliphatic heterocycles. The smallest absolute Gasteiger partial charge is 0.0562 e. The van der Waals surface area contributed by atoms with Crippen LogP contribution in [0.3, 0.4) is 0 Å². The summed E-state index contributed by atoms with van der Waals surface area (Å²) < 4.78 is 4.84. The molecule has 0 amide bonds. The van der Waals surface area contributed by atoms with E-state index in [9.17, 15) is 0 Å². The monoisotopic (exact) mass is 909 g/mol. The molecule has 0 aliphatic carbocycles. The van der Waals surface area contributed by atoms with Crippen LogP contribution in [0.25, 0.3) is 55.0 Å². The summed E-state index contributed by atoms with van der Waals surface area (Å²) in [6.45, 7) is 0. The van der Waals surface area contributed by atoms with Crippen LogP contribution in [0.1, 0.15) is 0 Å². The fourth-order valence-electron chi connectivity index (χ4n) is 10.6. The van der Waals surface area contributed by atoms with Crippen molar-refractivity contribution in [2.45, 2.75) is 0 Å². The van der Waals surface area contributed by atoms with Crippen LogP contribution in [0.15, 0.2) is 285 Å². The molecule has 2 aromatic heterocycles. The van der Waals surface area contributed by atoms with Gasteiger partial charge in [-0.2, -0.15) is 0 Å². The number of anilines is 9. The van der Waals surface area contributed by atoms with Crippen LogP contribution in [0.4, 0.5) is 51.2 Å². The molecular weight excluding hydrogens is 863 g/mol. The highest BCUT2D eigenvalue weighted by atomic mass is 15.2. The molecule has 13 rings (SSSR count). The van der Waals surface area contributed by atoms with Gasteiger partial charge in [-0.25, -0.2) is 0 Å². The second-order valence-corrected chi connectivity index (χ2v) is 17.8. The highest BCUT2D eigenvalue weighted by Gasteiger charge is 2.25. The van der Waals surface area contributed by atoms with E-state index in [1.807, 2.05) is 0 Å². The molecule has 5 nitrogen and oxygen atoms in total. The summed E-state index contributed by atoms with van der Waals surface area (Å²) in [6, 6.07) is 102. The minimum absolute atomic E-state index is 1.08.